The number of nitrogens with one attached hydrogen (secondary N) is 1. The number of carbonyl (C=O) groups is 2. The third kappa shape index (κ3) is 5.94. The average molecular weight is 528 g/mol. The molecule has 1 aromatic heterocycles. The van der Waals surface area contributed by atoms with E-state index in [-0.39, 0.29) is 17.9 Å². The number of ether oxygens (including phenoxy) is 1. The minimum Gasteiger partial charge on any atom is -0.381 e. The maximum atomic E-state index is 12.9. The van der Waals surface area contributed by atoms with Crippen LogP contribution in [0.2, 0.25) is 0 Å². The summed E-state index contributed by atoms with van der Waals surface area (Å²) in [4.78, 5) is 40.9. The molecule has 2 atom stereocenters. The van der Waals surface area contributed by atoms with Crippen LogP contribution in [0.3, 0.4) is 0 Å². The van der Waals surface area contributed by atoms with Crippen molar-refractivity contribution in [3.05, 3.63) is 95.2 Å². The number of hydrogen-bond acceptors (Lipinski definition) is 6. The maximum Gasteiger partial charge on any atom is 0.256 e. The minimum absolute atomic E-state index is 0.140. The number of benzene rings is 1. The van der Waals surface area contributed by atoms with Gasteiger partial charge in [-0.3, -0.25) is 14.6 Å². The summed E-state index contributed by atoms with van der Waals surface area (Å²) in [5.74, 6) is 0.954. The lowest BCUT2D eigenvalue weighted by Gasteiger charge is -2.29. The standard InChI is InChI=1S/C30H34N6O3/c1-6-8-22-14-15-32-26(19-22)33-30(38)24-12-10-23(11-13-24)29-34-28(25-20-31-16-17-36(25,29)4)21(2)35(3)27(37)9-7-18-39-5/h7,9-17,19-21H,6,8,18H2,1-5H3/p+1/b9-7+. The molecule has 0 aliphatic carbocycles. The molecule has 202 valence electrons. The summed E-state index contributed by atoms with van der Waals surface area (Å²) in [5, 5.41) is 2.89. The summed E-state index contributed by atoms with van der Waals surface area (Å²) in [6.45, 7) is 4.43. The maximum absolute atomic E-state index is 12.9. The summed E-state index contributed by atoms with van der Waals surface area (Å²) in [7, 11) is 5.37. The smallest absolute Gasteiger partial charge is 0.256 e. The van der Waals surface area contributed by atoms with Gasteiger partial charge in [-0.2, -0.15) is 4.99 Å². The van der Waals surface area contributed by atoms with Crippen LogP contribution in [-0.4, -0.2) is 72.1 Å². The van der Waals surface area contributed by atoms with Gasteiger partial charge in [-0.15, -0.1) is 0 Å². The lowest BCUT2D eigenvalue weighted by molar-refractivity contribution is -0.713. The molecule has 9 nitrogen and oxygen atoms in total. The first-order chi connectivity index (χ1) is 18.8. The average Bonchev–Trinajstić information content (AvgIpc) is 3.25. The van der Waals surface area contributed by atoms with Gasteiger partial charge in [-0.1, -0.05) is 19.4 Å². The number of amidine groups is 1. The van der Waals surface area contributed by atoms with Gasteiger partial charge in [-0.25, -0.2) is 9.47 Å². The van der Waals surface area contributed by atoms with Crippen LogP contribution in [0.15, 0.2) is 88.5 Å². The van der Waals surface area contributed by atoms with Gasteiger partial charge in [0.1, 0.15) is 17.7 Å². The molecule has 1 N–H and O–H groups in total. The SMILES string of the molecule is CCCc1ccnc(NC(=O)c2ccc(C3=NC(C(C)N(C)C(=O)/C=C/COC)=C4C=NC=C[N+]34C)cc2)c1. The van der Waals surface area contributed by atoms with Gasteiger partial charge in [0.2, 0.25) is 11.7 Å². The van der Waals surface area contributed by atoms with Gasteiger partial charge in [0, 0.05) is 32.0 Å². The van der Waals surface area contributed by atoms with Crippen molar-refractivity contribution >= 4 is 29.7 Å². The van der Waals surface area contributed by atoms with Crippen LogP contribution in [0.5, 0.6) is 0 Å². The van der Waals surface area contributed by atoms with Crippen molar-refractivity contribution in [2.24, 2.45) is 9.98 Å². The molecule has 2 aliphatic heterocycles. The summed E-state index contributed by atoms with van der Waals surface area (Å²) in [6.07, 6.45) is 12.4. The van der Waals surface area contributed by atoms with E-state index >= 15 is 0 Å². The fraction of sp³-hybridized carbons (Fsp3) is 0.300. The number of quaternary nitrogens is 1. The van der Waals surface area contributed by atoms with Crippen molar-refractivity contribution < 1.29 is 18.8 Å². The highest BCUT2D eigenvalue weighted by molar-refractivity contribution is 6.05. The Balaban J connectivity index is 1.56. The normalized spacial score (nSPS) is 18.7. The van der Waals surface area contributed by atoms with E-state index in [0.29, 0.717) is 22.5 Å². The van der Waals surface area contributed by atoms with E-state index in [1.807, 2.05) is 44.4 Å². The zero-order valence-electron chi connectivity index (χ0n) is 23.1. The van der Waals surface area contributed by atoms with Crippen molar-refractivity contribution in [3.8, 4) is 0 Å². The van der Waals surface area contributed by atoms with E-state index in [0.717, 1.165) is 41.2 Å². The summed E-state index contributed by atoms with van der Waals surface area (Å²) >= 11 is 0. The quantitative estimate of drug-likeness (QED) is 0.368. The first-order valence-electron chi connectivity index (χ1n) is 13.0. The van der Waals surface area contributed by atoms with Gasteiger partial charge >= 0.3 is 0 Å². The van der Waals surface area contributed by atoms with E-state index in [2.05, 4.69) is 22.2 Å². The fourth-order valence-corrected chi connectivity index (χ4v) is 4.57. The summed E-state index contributed by atoms with van der Waals surface area (Å²) < 4.78 is 5.31. The molecule has 0 fully saturated rings. The highest BCUT2D eigenvalue weighted by atomic mass is 16.5. The Morgan fingerprint density at radius 3 is 2.69 bits per heavy atom. The van der Waals surface area contributed by atoms with Gasteiger partial charge in [0.25, 0.3) is 5.91 Å². The van der Waals surface area contributed by atoms with E-state index in [1.54, 1.807) is 55.9 Å². The number of amides is 2. The number of nitrogens with zero attached hydrogens (tertiary/aromatic N) is 5. The first kappa shape index (κ1) is 27.8. The van der Waals surface area contributed by atoms with Crippen LogP contribution in [0.25, 0.3) is 0 Å². The van der Waals surface area contributed by atoms with Crippen LogP contribution in [0.4, 0.5) is 5.82 Å². The molecule has 0 radical (unpaired) electrons. The molecule has 1 aromatic carbocycles. The Morgan fingerprint density at radius 2 is 1.97 bits per heavy atom. The lowest BCUT2D eigenvalue weighted by Crippen LogP contribution is -2.43. The number of aromatic nitrogens is 1. The number of likely N-dealkylation sites (N-methyl/N-ethyl adjacent to an activating group) is 1. The molecular formula is C30H35N6O3+. The number of aliphatic imine (C=N–C) groups is 2. The molecule has 2 aliphatic rings. The van der Waals surface area contributed by atoms with Crippen molar-refractivity contribution in [2.75, 3.05) is 33.1 Å². The molecule has 0 saturated carbocycles. The van der Waals surface area contributed by atoms with Crippen LogP contribution in [0.1, 0.15) is 41.8 Å². The number of allylic oxidation sites excluding steroid dienone is 1. The number of fused-ring (bicyclic) bond motifs is 1. The van der Waals surface area contributed by atoms with Gasteiger partial charge in [0.05, 0.1) is 37.7 Å². The van der Waals surface area contributed by atoms with Gasteiger partial charge in [-0.05, 0) is 55.3 Å². The van der Waals surface area contributed by atoms with Gasteiger partial charge < -0.3 is 15.0 Å². The summed E-state index contributed by atoms with van der Waals surface area (Å²) in [5.41, 5.74) is 4.18. The zero-order valence-corrected chi connectivity index (χ0v) is 23.1. The van der Waals surface area contributed by atoms with E-state index < -0.39 is 0 Å². The number of aryl methyl sites for hydroxylation is 1. The topological polar surface area (TPSA) is 96.2 Å². The van der Waals surface area contributed by atoms with E-state index in [9.17, 15) is 9.59 Å². The third-order valence-electron chi connectivity index (χ3n) is 6.93. The number of methoxy groups -OCH3 is 1. The molecule has 39 heavy (non-hydrogen) atoms. The molecule has 0 saturated heterocycles. The number of anilines is 1. The monoisotopic (exact) mass is 527 g/mol. The fourth-order valence-electron chi connectivity index (χ4n) is 4.57. The largest absolute Gasteiger partial charge is 0.381 e. The minimum atomic E-state index is -0.298. The molecule has 0 bridgehead atoms. The molecular weight excluding hydrogens is 492 g/mol. The lowest BCUT2D eigenvalue weighted by atomic mass is 10.1. The Morgan fingerprint density at radius 1 is 1.21 bits per heavy atom. The van der Waals surface area contributed by atoms with Crippen LogP contribution >= 0.6 is 0 Å². The van der Waals surface area contributed by atoms with Crippen LogP contribution in [-0.2, 0) is 16.0 Å². The van der Waals surface area contributed by atoms with Crippen molar-refractivity contribution in [2.45, 2.75) is 32.7 Å². The Kier molecular flexibility index (Phi) is 8.63. The highest BCUT2D eigenvalue weighted by Crippen LogP contribution is 2.35. The molecule has 2 amide bonds. The van der Waals surface area contributed by atoms with E-state index in [1.165, 1.54) is 6.08 Å². The van der Waals surface area contributed by atoms with Crippen molar-refractivity contribution in [1.29, 1.82) is 0 Å². The Hall–Kier alpha value is -4.21. The second kappa shape index (κ2) is 12.1. The molecule has 2 aromatic rings. The predicted molar refractivity (Wildman–Crippen MR) is 153 cm³/mol. The summed E-state index contributed by atoms with van der Waals surface area (Å²) in [6, 6.07) is 10.9. The second-order valence-electron chi connectivity index (χ2n) is 9.67. The number of pyridine rings is 1. The molecule has 3 heterocycles. The molecule has 0 spiro atoms. The molecule has 4 rings (SSSR count). The Labute approximate surface area is 229 Å². The molecule has 2 unspecified atom stereocenters. The Bertz CT molecular complexity index is 1390. The predicted octanol–water partition coefficient (Wildman–Crippen LogP) is 4.31. The number of carbonyl (C=O) groups excluding carboxylic acids is 2. The van der Waals surface area contributed by atoms with Crippen molar-refractivity contribution in [1.82, 2.24) is 9.88 Å². The second-order valence-corrected chi connectivity index (χ2v) is 9.67. The van der Waals surface area contributed by atoms with Gasteiger partial charge in [0.15, 0.2) is 5.70 Å². The van der Waals surface area contributed by atoms with Crippen molar-refractivity contribution in [3.63, 3.8) is 0 Å². The van der Waals surface area contributed by atoms with Crippen LogP contribution in [0, 0.1) is 0 Å². The molecule has 9 heteroatoms. The number of rotatable bonds is 10. The van der Waals surface area contributed by atoms with E-state index in [4.69, 9.17) is 9.73 Å². The highest BCUT2D eigenvalue weighted by Gasteiger charge is 2.44. The zero-order chi connectivity index (χ0) is 28.0. The van der Waals surface area contributed by atoms with Crippen LogP contribution < -0.4 is 5.32 Å². The first-order valence-corrected chi connectivity index (χ1v) is 13.0. The number of hydrogen-bond donors (Lipinski definition) is 1. The third-order valence-corrected chi connectivity index (χ3v) is 6.93.